The summed E-state index contributed by atoms with van der Waals surface area (Å²) in [6.07, 6.45) is 0.847. The number of carbonyl (C=O) groups is 2. The topological polar surface area (TPSA) is 102 Å². The Kier molecular flexibility index (Phi) is 9.94. The fourth-order valence-corrected chi connectivity index (χ4v) is 6.82. The lowest BCUT2D eigenvalue weighted by Crippen LogP contribution is -2.29. The van der Waals surface area contributed by atoms with Crippen molar-refractivity contribution in [3.05, 3.63) is 137 Å². The lowest BCUT2D eigenvalue weighted by molar-refractivity contribution is -0.132. The number of aliphatic hydroxyl groups is 1. The van der Waals surface area contributed by atoms with Crippen molar-refractivity contribution < 1.29 is 28.6 Å². The Labute approximate surface area is 279 Å². The molecule has 1 fully saturated rings. The van der Waals surface area contributed by atoms with Crippen molar-refractivity contribution >= 4 is 45.7 Å². The van der Waals surface area contributed by atoms with Crippen molar-refractivity contribution in [3.63, 3.8) is 0 Å². The van der Waals surface area contributed by atoms with E-state index in [1.165, 1.54) is 28.8 Å². The molecule has 1 amide bonds. The maximum absolute atomic E-state index is 13.6. The number of ketones is 1. The van der Waals surface area contributed by atoms with Crippen LogP contribution < -0.4 is 14.4 Å². The van der Waals surface area contributed by atoms with Gasteiger partial charge >= 0.3 is 5.91 Å². The van der Waals surface area contributed by atoms with Crippen LogP contribution in [0, 0.1) is 5.82 Å². The van der Waals surface area contributed by atoms with Crippen molar-refractivity contribution in [2.45, 2.75) is 36.1 Å². The number of carbonyl (C=O) groups excluding carboxylic acids is 2. The number of benzene rings is 4. The smallest absolute Gasteiger partial charge is 0.301 e. The number of nitrogens with zero attached hydrogens (tertiary/aromatic N) is 3. The highest BCUT2D eigenvalue weighted by Gasteiger charge is 2.48. The van der Waals surface area contributed by atoms with Gasteiger partial charge in [-0.15, -0.1) is 10.2 Å². The summed E-state index contributed by atoms with van der Waals surface area (Å²) in [7, 11) is 0. The summed E-state index contributed by atoms with van der Waals surface area (Å²) in [5.74, 6) is -0.534. The molecule has 0 bridgehead atoms. The third-order valence-corrected chi connectivity index (χ3v) is 9.49. The number of anilines is 1. The Balaban J connectivity index is 1.32. The molecule has 11 heteroatoms. The standard InChI is InChI=1S/C36H30FN3O5S2/c1-2-20-44-28-18-12-26(13-19-28)32(41)30-31(25-10-16-29(17-11-25)45-21-23-6-4-3-5-7-23)40(34(43)33(30)42)35-38-39-36(47-35)46-22-24-8-14-27(37)15-9-24/h3-19,31,41H,2,20-22H2,1H3/b32-30-. The predicted octanol–water partition coefficient (Wildman–Crippen LogP) is 7.96. The van der Waals surface area contributed by atoms with Crippen LogP contribution in [0.25, 0.3) is 5.76 Å². The van der Waals surface area contributed by atoms with E-state index in [-0.39, 0.29) is 22.3 Å². The summed E-state index contributed by atoms with van der Waals surface area (Å²) in [6.45, 7) is 2.93. The minimum Gasteiger partial charge on any atom is -0.507 e. The molecule has 0 saturated carbocycles. The first-order valence-corrected chi connectivity index (χ1v) is 16.7. The Morgan fingerprint density at radius 3 is 2.26 bits per heavy atom. The minimum absolute atomic E-state index is 0.0640. The van der Waals surface area contributed by atoms with Crippen molar-refractivity contribution in [3.8, 4) is 11.5 Å². The number of halogens is 1. The second kappa shape index (κ2) is 14.6. The summed E-state index contributed by atoms with van der Waals surface area (Å²) in [4.78, 5) is 28.6. The molecule has 1 aliphatic rings. The van der Waals surface area contributed by atoms with Crippen molar-refractivity contribution in [2.24, 2.45) is 0 Å². The van der Waals surface area contributed by atoms with E-state index < -0.39 is 17.7 Å². The van der Waals surface area contributed by atoms with Gasteiger partial charge < -0.3 is 14.6 Å². The van der Waals surface area contributed by atoms with Gasteiger partial charge in [0.25, 0.3) is 5.78 Å². The SMILES string of the molecule is CCCOc1ccc(/C(O)=C2/C(=O)C(=O)N(c3nnc(SCc4ccc(F)cc4)s3)C2c2ccc(OCc3ccccc3)cc2)cc1. The van der Waals surface area contributed by atoms with Crippen LogP contribution in [0.3, 0.4) is 0 Å². The number of ether oxygens (including phenoxy) is 2. The third-order valence-electron chi connectivity index (χ3n) is 7.37. The molecule has 47 heavy (non-hydrogen) atoms. The minimum atomic E-state index is -0.975. The lowest BCUT2D eigenvalue weighted by Gasteiger charge is -2.22. The molecule has 1 atom stereocenters. The molecule has 0 radical (unpaired) electrons. The van der Waals surface area contributed by atoms with E-state index in [4.69, 9.17) is 9.47 Å². The van der Waals surface area contributed by atoms with E-state index in [0.29, 0.717) is 45.9 Å². The second-order valence-electron chi connectivity index (χ2n) is 10.7. The molecule has 5 aromatic rings. The van der Waals surface area contributed by atoms with Crippen LogP contribution in [0.4, 0.5) is 9.52 Å². The molecular weight excluding hydrogens is 638 g/mol. The second-order valence-corrected chi connectivity index (χ2v) is 12.8. The van der Waals surface area contributed by atoms with E-state index >= 15 is 0 Å². The van der Waals surface area contributed by atoms with E-state index in [1.54, 1.807) is 60.7 Å². The average molecular weight is 668 g/mol. The Morgan fingerprint density at radius 2 is 1.55 bits per heavy atom. The molecule has 1 saturated heterocycles. The van der Waals surface area contributed by atoms with Crippen molar-refractivity contribution in [1.29, 1.82) is 0 Å². The van der Waals surface area contributed by atoms with Gasteiger partial charge in [-0.2, -0.15) is 0 Å². The number of Topliss-reactive ketones (excluding diaryl/α,β-unsaturated/α-hetero) is 1. The Hall–Kier alpha value is -5.00. The zero-order valence-corrected chi connectivity index (χ0v) is 27.0. The number of hydrogen-bond donors (Lipinski definition) is 1. The van der Waals surface area contributed by atoms with Gasteiger partial charge in [-0.3, -0.25) is 14.5 Å². The van der Waals surface area contributed by atoms with Gasteiger partial charge in [0, 0.05) is 11.3 Å². The molecule has 2 heterocycles. The normalized spacial score (nSPS) is 15.6. The van der Waals surface area contributed by atoms with Crippen LogP contribution in [-0.4, -0.2) is 33.6 Å². The molecule has 1 unspecified atom stereocenters. The average Bonchev–Trinajstić information content (AvgIpc) is 3.68. The van der Waals surface area contributed by atoms with Crippen LogP contribution in [-0.2, 0) is 21.9 Å². The van der Waals surface area contributed by atoms with Gasteiger partial charge in [0.2, 0.25) is 5.13 Å². The first kappa shape index (κ1) is 32.0. The number of amides is 1. The van der Waals surface area contributed by atoms with E-state index in [0.717, 1.165) is 28.9 Å². The molecule has 1 aromatic heterocycles. The zero-order valence-electron chi connectivity index (χ0n) is 25.3. The molecule has 238 valence electrons. The molecule has 0 aliphatic carbocycles. The quantitative estimate of drug-likeness (QED) is 0.0470. The number of thioether (sulfide) groups is 1. The third kappa shape index (κ3) is 7.37. The van der Waals surface area contributed by atoms with E-state index in [1.807, 2.05) is 37.3 Å². The maximum Gasteiger partial charge on any atom is 0.301 e. The molecule has 6 rings (SSSR count). The molecule has 8 nitrogen and oxygen atoms in total. The maximum atomic E-state index is 13.6. The molecule has 4 aromatic carbocycles. The fourth-order valence-electron chi connectivity index (χ4n) is 5.00. The van der Waals surface area contributed by atoms with Crippen molar-refractivity contribution in [2.75, 3.05) is 11.5 Å². The number of aliphatic hydroxyl groups excluding tert-OH is 1. The monoisotopic (exact) mass is 667 g/mol. The van der Waals surface area contributed by atoms with Crippen LogP contribution in [0.5, 0.6) is 11.5 Å². The highest BCUT2D eigenvalue weighted by Crippen LogP contribution is 2.44. The Bertz CT molecular complexity index is 1880. The summed E-state index contributed by atoms with van der Waals surface area (Å²) in [5.41, 5.74) is 2.80. The van der Waals surface area contributed by atoms with Crippen LogP contribution in [0.2, 0.25) is 0 Å². The van der Waals surface area contributed by atoms with E-state index in [9.17, 15) is 19.1 Å². The molecule has 0 spiro atoms. The van der Waals surface area contributed by atoms with Gasteiger partial charge in [0.1, 0.15) is 29.7 Å². The van der Waals surface area contributed by atoms with E-state index in [2.05, 4.69) is 10.2 Å². The van der Waals surface area contributed by atoms with Gasteiger partial charge in [-0.05, 0) is 71.6 Å². The predicted molar refractivity (Wildman–Crippen MR) is 180 cm³/mol. The van der Waals surface area contributed by atoms with Crippen LogP contribution in [0.15, 0.2) is 113 Å². The van der Waals surface area contributed by atoms with Gasteiger partial charge in [0.05, 0.1) is 18.2 Å². The Morgan fingerprint density at radius 1 is 0.872 bits per heavy atom. The summed E-state index contributed by atoms with van der Waals surface area (Å²) in [6, 6.07) is 28.8. The van der Waals surface area contributed by atoms with Gasteiger partial charge in [0.15, 0.2) is 4.34 Å². The molecule has 1 N–H and O–H groups in total. The first-order valence-electron chi connectivity index (χ1n) is 14.9. The summed E-state index contributed by atoms with van der Waals surface area (Å²) in [5, 5.41) is 20.3. The van der Waals surface area contributed by atoms with Crippen LogP contribution in [0.1, 0.15) is 41.6 Å². The highest BCUT2D eigenvalue weighted by molar-refractivity contribution is 8.00. The van der Waals surface area contributed by atoms with Gasteiger partial charge in [-0.25, -0.2) is 4.39 Å². The fraction of sp³-hybridized carbons (Fsp3) is 0.167. The highest BCUT2D eigenvalue weighted by atomic mass is 32.2. The largest absolute Gasteiger partial charge is 0.507 e. The van der Waals surface area contributed by atoms with Gasteiger partial charge in [-0.1, -0.05) is 84.6 Å². The first-order chi connectivity index (χ1) is 22.9. The number of aromatic nitrogens is 2. The lowest BCUT2D eigenvalue weighted by atomic mass is 9.95. The van der Waals surface area contributed by atoms with Crippen LogP contribution >= 0.6 is 23.1 Å². The van der Waals surface area contributed by atoms with Crippen molar-refractivity contribution in [1.82, 2.24) is 10.2 Å². The number of rotatable bonds is 12. The summed E-state index contributed by atoms with van der Waals surface area (Å²) < 4.78 is 25.5. The zero-order chi connectivity index (χ0) is 32.8. The number of hydrogen-bond acceptors (Lipinski definition) is 9. The molecule has 1 aliphatic heterocycles. The summed E-state index contributed by atoms with van der Waals surface area (Å²) >= 11 is 2.54. The molecular formula is C36H30FN3O5S2.